The Morgan fingerprint density at radius 3 is 2.77 bits per heavy atom. The van der Waals surface area contributed by atoms with Crippen molar-refractivity contribution in [3.8, 4) is 0 Å². The van der Waals surface area contributed by atoms with E-state index in [0.717, 1.165) is 6.54 Å². The van der Waals surface area contributed by atoms with Gasteiger partial charge in [-0.05, 0) is 60.0 Å². The molecule has 0 radical (unpaired) electrons. The molecule has 1 aliphatic rings. The average molecular weight is 195 g/mol. The van der Waals surface area contributed by atoms with Crippen molar-refractivity contribution in [1.29, 1.82) is 0 Å². The maximum atomic E-state index is 5.81. The van der Waals surface area contributed by atoms with Crippen LogP contribution in [-0.2, 0) is 6.42 Å². The third-order valence-electron chi connectivity index (χ3n) is 3.37. The molecule has 0 amide bonds. The van der Waals surface area contributed by atoms with E-state index in [9.17, 15) is 0 Å². The number of thiophene rings is 1. The second-order valence-electron chi connectivity index (χ2n) is 4.19. The van der Waals surface area contributed by atoms with Crippen LogP contribution < -0.4 is 5.73 Å². The molecule has 1 fully saturated rings. The summed E-state index contributed by atoms with van der Waals surface area (Å²) in [6.07, 6.45) is 6.61. The topological polar surface area (TPSA) is 26.0 Å². The lowest BCUT2D eigenvalue weighted by Gasteiger charge is -2.41. The van der Waals surface area contributed by atoms with Crippen molar-refractivity contribution in [1.82, 2.24) is 0 Å². The van der Waals surface area contributed by atoms with E-state index in [4.69, 9.17) is 5.73 Å². The molecule has 1 nitrogen and oxygen atoms in total. The van der Waals surface area contributed by atoms with Gasteiger partial charge in [0.25, 0.3) is 0 Å². The van der Waals surface area contributed by atoms with E-state index in [2.05, 4.69) is 16.8 Å². The van der Waals surface area contributed by atoms with Crippen molar-refractivity contribution in [2.75, 3.05) is 6.54 Å². The van der Waals surface area contributed by atoms with Gasteiger partial charge in [0.1, 0.15) is 0 Å². The molecule has 1 heterocycles. The number of hydrogen-bond acceptors (Lipinski definition) is 2. The van der Waals surface area contributed by atoms with Gasteiger partial charge in [-0.3, -0.25) is 0 Å². The molecule has 1 aliphatic carbocycles. The Morgan fingerprint density at radius 2 is 2.31 bits per heavy atom. The van der Waals surface area contributed by atoms with Crippen LogP contribution in [0.5, 0.6) is 0 Å². The lowest BCUT2D eigenvalue weighted by molar-refractivity contribution is 0.131. The summed E-state index contributed by atoms with van der Waals surface area (Å²) in [5.74, 6) is 0. The summed E-state index contributed by atoms with van der Waals surface area (Å²) in [4.78, 5) is 0. The molecule has 0 aromatic carbocycles. The van der Waals surface area contributed by atoms with Crippen molar-refractivity contribution < 1.29 is 0 Å². The monoisotopic (exact) mass is 195 g/mol. The van der Waals surface area contributed by atoms with Crippen molar-refractivity contribution >= 4 is 11.3 Å². The zero-order chi connectivity index (χ0) is 9.15. The van der Waals surface area contributed by atoms with Crippen molar-refractivity contribution in [2.45, 2.75) is 32.1 Å². The summed E-state index contributed by atoms with van der Waals surface area (Å²) in [6.45, 7) is 0.886. The largest absolute Gasteiger partial charge is 0.330 e. The molecule has 2 rings (SSSR count). The van der Waals surface area contributed by atoms with Gasteiger partial charge < -0.3 is 5.73 Å². The molecule has 1 saturated carbocycles. The third kappa shape index (κ3) is 1.94. The molecular weight excluding hydrogens is 178 g/mol. The number of nitrogens with two attached hydrogens (primary N) is 1. The summed E-state index contributed by atoms with van der Waals surface area (Å²) >= 11 is 1.79. The van der Waals surface area contributed by atoms with Gasteiger partial charge in [0.2, 0.25) is 0 Å². The Morgan fingerprint density at radius 1 is 1.46 bits per heavy atom. The predicted molar refractivity (Wildman–Crippen MR) is 58.0 cm³/mol. The quantitative estimate of drug-likeness (QED) is 0.785. The molecule has 0 unspecified atom stereocenters. The van der Waals surface area contributed by atoms with Crippen LogP contribution in [0.2, 0.25) is 0 Å². The molecule has 13 heavy (non-hydrogen) atoms. The highest BCUT2D eigenvalue weighted by atomic mass is 32.1. The summed E-state index contributed by atoms with van der Waals surface area (Å²) in [6, 6.07) is 2.23. The minimum atomic E-state index is 0.516. The number of rotatable bonds is 4. The normalized spacial score (nSPS) is 19.8. The lowest BCUT2D eigenvalue weighted by atomic mass is 9.66. The Hall–Kier alpha value is -0.340. The minimum absolute atomic E-state index is 0.516. The van der Waals surface area contributed by atoms with E-state index in [-0.39, 0.29) is 0 Å². The predicted octanol–water partition coefficient (Wildman–Crippen LogP) is 2.81. The summed E-state index contributed by atoms with van der Waals surface area (Å²) in [7, 11) is 0. The van der Waals surface area contributed by atoms with Crippen molar-refractivity contribution in [3.05, 3.63) is 22.4 Å². The van der Waals surface area contributed by atoms with Gasteiger partial charge in [-0.2, -0.15) is 11.3 Å². The SMILES string of the molecule is NCC1(CCc2ccsc2)CCC1. The molecule has 0 saturated heterocycles. The first-order valence-corrected chi connectivity index (χ1v) is 6.00. The third-order valence-corrected chi connectivity index (χ3v) is 4.10. The van der Waals surface area contributed by atoms with Crippen LogP contribution in [0.3, 0.4) is 0 Å². The zero-order valence-corrected chi connectivity index (χ0v) is 8.78. The van der Waals surface area contributed by atoms with Gasteiger partial charge in [0.05, 0.1) is 0 Å². The van der Waals surface area contributed by atoms with E-state index in [1.165, 1.54) is 37.7 Å². The molecule has 0 atom stereocenters. The Balaban J connectivity index is 1.84. The van der Waals surface area contributed by atoms with Crippen LogP contribution in [0.15, 0.2) is 16.8 Å². The second-order valence-corrected chi connectivity index (χ2v) is 4.97. The molecule has 1 aromatic rings. The first-order valence-electron chi connectivity index (χ1n) is 5.06. The number of aryl methyl sites for hydroxylation is 1. The summed E-state index contributed by atoms with van der Waals surface area (Å²) < 4.78 is 0. The highest BCUT2D eigenvalue weighted by Crippen LogP contribution is 2.43. The lowest BCUT2D eigenvalue weighted by Crippen LogP contribution is -2.37. The Kier molecular flexibility index (Phi) is 2.70. The Labute approximate surface area is 84.0 Å². The maximum Gasteiger partial charge on any atom is -0.00204 e. The molecule has 2 heteroatoms. The number of hydrogen-bond donors (Lipinski definition) is 1. The highest BCUT2D eigenvalue weighted by molar-refractivity contribution is 7.07. The summed E-state index contributed by atoms with van der Waals surface area (Å²) in [5, 5.41) is 4.41. The van der Waals surface area contributed by atoms with Crippen molar-refractivity contribution in [2.24, 2.45) is 11.1 Å². The van der Waals surface area contributed by atoms with E-state index >= 15 is 0 Å². The van der Waals surface area contributed by atoms with Crippen LogP contribution in [-0.4, -0.2) is 6.54 Å². The van der Waals surface area contributed by atoms with Crippen LogP contribution in [0.1, 0.15) is 31.2 Å². The van der Waals surface area contributed by atoms with Crippen LogP contribution in [0.4, 0.5) is 0 Å². The minimum Gasteiger partial charge on any atom is -0.330 e. The fraction of sp³-hybridized carbons (Fsp3) is 0.636. The van der Waals surface area contributed by atoms with E-state index in [0.29, 0.717) is 5.41 Å². The molecule has 1 aromatic heterocycles. The second kappa shape index (κ2) is 3.81. The maximum absolute atomic E-state index is 5.81. The van der Waals surface area contributed by atoms with Crippen molar-refractivity contribution in [3.63, 3.8) is 0 Å². The molecule has 0 spiro atoms. The van der Waals surface area contributed by atoms with Crippen LogP contribution >= 0.6 is 11.3 Å². The van der Waals surface area contributed by atoms with E-state index < -0.39 is 0 Å². The highest BCUT2D eigenvalue weighted by Gasteiger charge is 2.34. The van der Waals surface area contributed by atoms with E-state index in [1.807, 2.05) is 0 Å². The fourth-order valence-corrected chi connectivity index (χ4v) is 2.78. The fourth-order valence-electron chi connectivity index (χ4n) is 2.08. The zero-order valence-electron chi connectivity index (χ0n) is 7.96. The first kappa shape index (κ1) is 9.22. The average Bonchev–Trinajstić information content (AvgIpc) is 2.56. The van der Waals surface area contributed by atoms with Crippen LogP contribution in [0.25, 0.3) is 0 Å². The Bertz CT molecular complexity index is 244. The molecule has 2 N–H and O–H groups in total. The van der Waals surface area contributed by atoms with Gasteiger partial charge in [-0.1, -0.05) is 6.42 Å². The molecule has 0 aliphatic heterocycles. The summed E-state index contributed by atoms with van der Waals surface area (Å²) in [5.41, 5.74) is 7.82. The van der Waals surface area contributed by atoms with Gasteiger partial charge in [-0.15, -0.1) is 0 Å². The van der Waals surface area contributed by atoms with Gasteiger partial charge in [-0.25, -0.2) is 0 Å². The van der Waals surface area contributed by atoms with Gasteiger partial charge in [0.15, 0.2) is 0 Å². The molecule has 72 valence electrons. The molecule has 0 bridgehead atoms. The molecular formula is C11H17NS. The van der Waals surface area contributed by atoms with E-state index in [1.54, 1.807) is 11.3 Å². The van der Waals surface area contributed by atoms with Gasteiger partial charge >= 0.3 is 0 Å². The first-order chi connectivity index (χ1) is 6.35. The standard InChI is InChI=1S/C11H17NS/c12-9-11(4-1-5-11)6-2-10-3-7-13-8-10/h3,7-8H,1-2,4-6,9,12H2. The van der Waals surface area contributed by atoms with Crippen LogP contribution in [0, 0.1) is 5.41 Å². The smallest absolute Gasteiger partial charge is 0.00204 e. The van der Waals surface area contributed by atoms with Gasteiger partial charge in [0, 0.05) is 0 Å².